The molecule has 1 aromatic rings. The molecular weight excluding hydrogens is 230 g/mol. The van der Waals surface area contributed by atoms with Gasteiger partial charge < -0.3 is 10.9 Å². The molecule has 1 amide bonds. The summed E-state index contributed by atoms with van der Waals surface area (Å²) in [5.74, 6) is -0.788. The van der Waals surface area contributed by atoms with Gasteiger partial charge >= 0.3 is 0 Å². The normalized spacial score (nSPS) is 17.9. The number of primary amides is 1. The van der Waals surface area contributed by atoms with Gasteiger partial charge in [-0.3, -0.25) is 9.79 Å². The zero-order valence-electron chi connectivity index (χ0n) is 10.3. The molecule has 0 aromatic heterocycles. The first-order chi connectivity index (χ1) is 8.44. The monoisotopic (exact) mass is 245 g/mol. The van der Waals surface area contributed by atoms with Gasteiger partial charge in [0.05, 0.1) is 5.54 Å². The molecule has 0 bridgehead atoms. The van der Waals surface area contributed by atoms with Gasteiger partial charge in [-0.05, 0) is 25.8 Å². The lowest BCUT2D eigenvalue weighted by atomic mass is 9.85. The van der Waals surface area contributed by atoms with E-state index < -0.39 is 5.91 Å². The molecule has 0 saturated carbocycles. The molecule has 2 rings (SSSR count). The number of oxime groups is 1. The van der Waals surface area contributed by atoms with Gasteiger partial charge in [-0.25, -0.2) is 0 Å². The Morgan fingerprint density at radius 1 is 1.44 bits per heavy atom. The summed E-state index contributed by atoms with van der Waals surface area (Å²) in [6, 6.07) is 7.60. The lowest BCUT2D eigenvalue weighted by Crippen LogP contribution is -2.38. The number of nitrogens with two attached hydrogens (primary N) is 1. The average Bonchev–Trinajstić information content (AvgIpc) is 2.27. The summed E-state index contributed by atoms with van der Waals surface area (Å²) >= 11 is 0. The van der Waals surface area contributed by atoms with Gasteiger partial charge in [0.25, 0.3) is 5.91 Å². The fourth-order valence-corrected chi connectivity index (χ4v) is 2.17. The van der Waals surface area contributed by atoms with Gasteiger partial charge in [-0.15, -0.1) is 0 Å². The summed E-state index contributed by atoms with van der Waals surface area (Å²) in [6.07, 6.45) is 0.768. The third-order valence-corrected chi connectivity index (χ3v) is 2.87. The van der Waals surface area contributed by atoms with E-state index in [0.717, 1.165) is 17.5 Å². The molecule has 5 nitrogen and oxygen atoms in total. The number of hydrogen-bond donors (Lipinski definition) is 2. The van der Waals surface area contributed by atoms with Gasteiger partial charge in [0, 0.05) is 5.56 Å². The highest BCUT2D eigenvalue weighted by molar-refractivity contribution is 6.70. The topological polar surface area (TPSA) is 88.0 Å². The minimum absolute atomic E-state index is 0.199. The van der Waals surface area contributed by atoms with E-state index in [9.17, 15) is 4.79 Å². The van der Waals surface area contributed by atoms with Gasteiger partial charge in [-0.2, -0.15) is 0 Å². The first-order valence-corrected chi connectivity index (χ1v) is 5.65. The van der Waals surface area contributed by atoms with Gasteiger partial charge in [-0.1, -0.05) is 29.4 Å². The zero-order valence-corrected chi connectivity index (χ0v) is 10.3. The molecule has 94 valence electrons. The molecule has 0 fully saturated rings. The van der Waals surface area contributed by atoms with E-state index in [2.05, 4.69) is 10.1 Å². The summed E-state index contributed by atoms with van der Waals surface area (Å²) in [5.41, 5.74) is 6.88. The van der Waals surface area contributed by atoms with E-state index in [0.29, 0.717) is 5.71 Å². The highest BCUT2D eigenvalue weighted by Crippen LogP contribution is 2.27. The van der Waals surface area contributed by atoms with Crippen LogP contribution in [-0.4, -0.2) is 28.1 Å². The minimum Gasteiger partial charge on any atom is -0.410 e. The maximum Gasteiger partial charge on any atom is 0.273 e. The van der Waals surface area contributed by atoms with E-state index in [-0.39, 0.29) is 11.3 Å². The molecule has 1 aromatic carbocycles. The Hall–Kier alpha value is -2.17. The smallest absolute Gasteiger partial charge is 0.273 e. The van der Waals surface area contributed by atoms with Crippen LogP contribution in [0.3, 0.4) is 0 Å². The number of fused-ring (bicyclic) bond motifs is 1. The predicted molar refractivity (Wildman–Crippen MR) is 69.2 cm³/mol. The molecule has 0 atom stereocenters. The number of aliphatic imine (C=N–C) groups is 1. The van der Waals surface area contributed by atoms with E-state index in [1.165, 1.54) is 0 Å². The second-order valence-corrected chi connectivity index (χ2v) is 4.92. The van der Waals surface area contributed by atoms with E-state index in [4.69, 9.17) is 10.9 Å². The standard InChI is InChI=1S/C13H15N3O2/c1-13(2)7-8-5-3-4-6-9(8)10(15-13)11(16-18)12(14)17/h3-6,18H,7H2,1-2H3,(H2,14,17)/b16-11-. The quantitative estimate of drug-likeness (QED) is 0.464. The van der Waals surface area contributed by atoms with Crippen molar-refractivity contribution < 1.29 is 10.0 Å². The summed E-state index contributed by atoms with van der Waals surface area (Å²) in [6.45, 7) is 3.91. The van der Waals surface area contributed by atoms with Crippen LogP contribution in [0.5, 0.6) is 0 Å². The van der Waals surface area contributed by atoms with Crippen molar-refractivity contribution >= 4 is 17.3 Å². The molecular formula is C13H15N3O2. The summed E-state index contributed by atoms with van der Waals surface area (Å²) in [7, 11) is 0. The molecule has 3 N–H and O–H groups in total. The summed E-state index contributed by atoms with van der Waals surface area (Å²) in [4.78, 5) is 15.8. The molecule has 0 radical (unpaired) electrons. The number of amides is 1. The van der Waals surface area contributed by atoms with Crippen LogP contribution in [0.1, 0.15) is 25.0 Å². The molecule has 0 unspecified atom stereocenters. The molecule has 0 saturated heterocycles. The second-order valence-electron chi connectivity index (χ2n) is 4.92. The molecule has 18 heavy (non-hydrogen) atoms. The lowest BCUT2D eigenvalue weighted by Gasteiger charge is -2.28. The molecule has 5 heteroatoms. The Bertz CT molecular complexity index is 559. The van der Waals surface area contributed by atoms with Crippen molar-refractivity contribution in [3.63, 3.8) is 0 Å². The van der Waals surface area contributed by atoms with Crippen LogP contribution in [0.2, 0.25) is 0 Å². The lowest BCUT2D eigenvalue weighted by molar-refractivity contribution is -0.111. The van der Waals surface area contributed by atoms with Crippen LogP contribution in [0.25, 0.3) is 0 Å². The maximum absolute atomic E-state index is 11.3. The van der Waals surface area contributed by atoms with E-state index in [1.807, 2.05) is 38.1 Å². The Morgan fingerprint density at radius 3 is 2.72 bits per heavy atom. The maximum atomic E-state index is 11.3. The number of carbonyl (C=O) groups is 1. The van der Waals surface area contributed by atoms with Gasteiger partial charge in [0.1, 0.15) is 5.71 Å². The first kappa shape index (κ1) is 12.3. The van der Waals surface area contributed by atoms with Crippen molar-refractivity contribution in [2.45, 2.75) is 25.8 Å². The fraction of sp³-hybridized carbons (Fsp3) is 0.308. The Kier molecular flexibility index (Phi) is 2.90. The number of hydrogen-bond acceptors (Lipinski definition) is 4. The molecule has 1 heterocycles. The number of nitrogens with zero attached hydrogens (tertiary/aromatic N) is 2. The highest BCUT2D eigenvalue weighted by Gasteiger charge is 2.30. The highest BCUT2D eigenvalue weighted by atomic mass is 16.4. The minimum atomic E-state index is -0.788. The summed E-state index contributed by atoms with van der Waals surface area (Å²) < 4.78 is 0. The molecule has 0 aliphatic carbocycles. The van der Waals surface area contributed by atoms with Crippen molar-refractivity contribution in [2.75, 3.05) is 0 Å². The van der Waals surface area contributed by atoms with Crippen molar-refractivity contribution in [3.05, 3.63) is 35.4 Å². The first-order valence-electron chi connectivity index (χ1n) is 5.65. The number of rotatable bonds is 2. The molecule has 1 aliphatic rings. The Balaban J connectivity index is 2.63. The number of benzene rings is 1. The summed E-state index contributed by atoms with van der Waals surface area (Å²) in [5, 5.41) is 11.9. The predicted octanol–water partition coefficient (Wildman–Crippen LogP) is 1.13. The molecule has 1 aliphatic heterocycles. The third kappa shape index (κ3) is 2.11. The Labute approximate surface area is 105 Å². The fourth-order valence-electron chi connectivity index (χ4n) is 2.17. The van der Waals surface area contributed by atoms with Crippen molar-refractivity contribution in [1.29, 1.82) is 0 Å². The van der Waals surface area contributed by atoms with Gasteiger partial charge in [0.2, 0.25) is 0 Å². The van der Waals surface area contributed by atoms with Crippen molar-refractivity contribution in [2.24, 2.45) is 15.9 Å². The van der Waals surface area contributed by atoms with Crippen LogP contribution >= 0.6 is 0 Å². The van der Waals surface area contributed by atoms with E-state index >= 15 is 0 Å². The van der Waals surface area contributed by atoms with Crippen LogP contribution in [0, 0.1) is 0 Å². The average molecular weight is 245 g/mol. The number of carbonyl (C=O) groups excluding carboxylic acids is 1. The SMILES string of the molecule is CC1(C)Cc2ccccc2C(/C(=N/O)C(N)=O)=N1. The van der Waals surface area contributed by atoms with Crippen LogP contribution in [0.15, 0.2) is 34.4 Å². The molecule has 0 spiro atoms. The van der Waals surface area contributed by atoms with Crippen molar-refractivity contribution in [1.82, 2.24) is 0 Å². The van der Waals surface area contributed by atoms with Crippen LogP contribution in [-0.2, 0) is 11.2 Å². The zero-order chi connectivity index (χ0) is 13.3. The van der Waals surface area contributed by atoms with Gasteiger partial charge in [0.15, 0.2) is 5.71 Å². The van der Waals surface area contributed by atoms with Crippen LogP contribution in [0.4, 0.5) is 0 Å². The van der Waals surface area contributed by atoms with Crippen LogP contribution < -0.4 is 5.73 Å². The van der Waals surface area contributed by atoms with Crippen molar-refractivity contribution in [3.8, 4) is 0 Å². The second kappa shape index (κ2) is 4.25. The third-order valence-electron chi connectivity index (χ3n) is 2.87. The van der Waals surface area contributed by atoms with E-state index in [1.54, 1.807) is 0 Å². The largest absolute Gasteiger partial charge is 0.410 e. The Morgan fingerprint density at radius 2 is 2.11 bits per heavy atom.